The van der Waals surface area contributed by atoms with Crippen LogP contribution in [0.5, 0.6) is 0 Å². The van der Waals surface area contributed by atoms with Crippen LogP contribution in [0.4, 0.5) is 0 Å². The number of carbonyl (C=O) groups excluding carboxylic acids is 22. The summed E-state index contributed by atoms with van der Waals surface area (Å²) in [6.45, 7) is 17.8. The van der Waals surface area contributed by atoms with Gasteiger partial charge in [-0.05, 0) is 116 Å². The van der Waals surface area contributed by atoms with Crippen molar-refractivity contribution in [2.45, 2.75) is 318 Å². The molecule has 2 saturated carbocycles. The molecule has 700 valence electrons. The van der Waals surface area contributed by atoms with Crippen LogP contribution < -0.4 is 63.8 Å². The van der Waals surface area contributed by atoms with E-state index in [9.17, 15) is 105 Å². The standard InChI is InChI=1S/2C42H65N7O11S2.H2O/c2*1-7-11-29(35(54)40(59)43-18-19-50)45-38(57)32-22-42(61-20-21-62-42)23-49(32)41(60)34(28-12-9-8-10-13-28)48-39(58)33(24(2)3)47-37(56)31(17-15-26(5)52)46-36(55)30(44-27(6)53)16-14-25(4)51;/h2*19,24,28-34H,7-18,20-23H2,1-6H3,(H,43,59)(H,44,53)(H,45,57)(H,46,55)(H,47,56)(H,48,58);1H2/t2*29?,30?,31?,32-,33?,34?;/m00./s1. The van der Waals surface area contributed by atoms with E-state index in [0.29, 0.717) is 51.1 Å². The number of carbonyl (C=O) groups is 22. The monoisotopic (exact) mass is 1830 g/mol. The second-order valence-electron chi connectivity index (χ2n) is 33.6. The topological polar surface area (TPSA) is 558 Å². The number of hydrogen-bond acceptors (Lipinski definition) is 26. The van der Waals surface area contributed by atoms with E-state index in [1.54, 1.807) is 88.6 Å². The van der Waals surface area contributed by atoms with Gasteiger partial charge in [-0.25, -0.2) is 0 Å². The van der Waals surface area contributed by atoms with Gasteiger partial charge in [0.1, 0.15) is 96.1 Å². The van der Waals surface area contributed by atoms with Crippen LogP contribution in [0, 0.1) is 23.7 Å². The predicted molar refractivity (Wildman–Crippen MR) is 470 cm³/mol. The Morgan fingerprint density at radius 3 is 0.920 bits per heavy atom. The zero-order chi connectivity index (χ0) is 92.3. The van der Waals surface area contributed by atoms with Crippen molar-refractivity contribution < 1.29 is 111 Å². The lowest BCUT2D eigenvalue weighted by molar-refractivity contribution is -0.145. The summed E-state index contributed by atoms with van der Waals surface area (Å²) in [5.41, 5.74) is 0. The first-order valence-corrected chi connectivity index (χ1v) is 47.2. The number of nitrogens with one attached hydrogen (secondary N) is 12. The van der Waals surface area contributed by atoms with Gasteiger partial charge in [0.15, 0.2) is 0 Å². The van der Waals surface area contributed by atoms with Gasteiger partial charge in [0.2, 0.25) is 82.5 Å². The molecule has 10 unspecified atom stereocenters. The Morgan fingerprint density at radius 1 is 0.368 bits per heavy atom. The van der Waals surface area contributed by atoms with E-state index in [2.05, 4.69) is 63.8 Å². The van der Waals surface area contributed by atoms with Gasteiger partial charge in [0.05, 0.1) is 33.3 Å². The molecule has 2 spiro atoms. The summed E-state index contributed by atoms with van der Waals surface area (Å²) in [7, 11) is 0. The number of Topliss-reactive ketones (excluding diaryl/α,β-unsaturated/α-hetero) is 6. The lowest BCUT2D eigenvalue weighted by Gasteiger charge is -2.36. The quantitative estimate of drug-likeness (QED) is 0.0297. The molecular formula is C84H132N14O23S4. The molecule has 2 aliphatic carbocycles. The smallest absolute Gasteiger partial charge is 0.289 e. The highest BCUT2D eigenvalue weighted by atomic mass is 32.2. The number of aldehydes is 2. The van der Waals surface area contributed by atoms with Crippen molar-refractivity contribution in [1.29, 1.82) is 0 Å². The fourth-order valence-corrected chi connectivity index (χ4v) is 22.6. The molecule has 0 aromatic heterocycles. The summed E-state index contributed by atoms with van der Waals surface area (Å²) in [6.07, 6.45) is 9.74. The van der Waals surface area contributed by atoms with Crippen LogP contribution in [-0.4, -0.2) is 275 Å². The SMILES string of the molecule is CCCC(NC(=O)[C@@H]1CC2(CN1C(=O)C(NC(=O)C(NC(=O)C(CCC(C)=O)NC(=O)C(CCC(C)=O)NC(C)=O)C(C)C)C1CCCCC1)SCCS2)C(=O)C(=O)NCC=O.CCCC(NC(=O)[C@@H]1CC2(CN1C(=O)C(NC(=O)C(NC(=O)C(CCC(C)=O)NC(=O)C(CCC(C)=O)NC(C)=O)C(C)C)C1CCCCC1)SCCS2)C(=O)C(=O)NCC=O.O. The number of nitrogens with zero attached hydrogens (tertiary/aromatic N) is 2. The summed E-state index contributed by atoms with van der Waals surface area (Å²) in [6, 6.07) is -13.9. The fraction of sp³-hybridized carbons (Fsp3) is 0.738. The molecule has 14 amide bonds. The van der Waals surface area contributed by atoms with Crippen LogP contribution in [0.2, 0.25) is 0 Å². The molecule has 6 fully saturated rings. The third-order valence-electron chi connectivity index (χ3n) is 22.6. The second kappa shape index (κ2) is 53.8. The van der Waals surface area contributed by atoms with E-state index in [-0.39, 0.29) is 144 Å². The first-order valence-electron chi connectivity index (χ1n) is 43.3. The summed E-state index contributed by atoms with van der Waals surface area (Å²) in [5, 5.41) is 31.4. The lowest BCUT2D eigenvalue weighted by atomic mass is 9.83. The molecule has 41 heteroatoms. The van der Waals surface area contributed by atoms with Crippen molar-refractivity contribution in [3.8, 4) is 0 Å². The minimum atomic E-state index is -1.30. The molecule has 37 nitrogen and oxygen atoms in total. The van der Waals surface area contributed by atoms with E-state index >= 15 is 0 Å². The van der Waals surface area contributed by atoms with Crippen LogP contribution in [0.25, 0.3) is 0 Å². The van der Waals surface area contributed by atoms with Gasteiger partial charge in [0, 0.05) is 88.5 Å². The minimum Gasteiger partial charge on any atom is -0.412 e. The highest BCUT2D eigenvalue weighted by molar-refractivity contribution is 8.21. The lowest BCUT2D eigenvalue weighted by Crippen LogP contribution is -2.62. The number of rotatable bonds is 48. The molecule has 14 N–H and O–H groups in total. The van der Waals surface area contributed by atoms with Crippen molar-refractivity contribution in [3.05, 3.63) is 0 Å². The summed E-state index contributed by atoms with van der Waals surface area (Å²) >= 11 is 6.58. The second-order valence-corrected chi connectivity index (χ2v) is 40.0. The predicted octanol–water partition coefficient (Wildman–Crippen LogP) is 0.908. The van der Waals surface area contributed by atoms with Gasteiger partial charge in [-0.2, -0.15) is 0 Å². The van der Waals surface area contributed by atoms with Crippen LogP contribution in [0.3, 0.4) is 0 Å². The molecule has 0 radical (unpaired) electrons. The third kappa shape index (κ3) is 34.4. The van der Waals surface area contributed by atoms with Gasteiger partial charge in [-0.3, -0.25) is 76.7 Å². The van der Waals surface area contributed by atoms with Crippen LogP contribution in [0.15, 0.2) is 0 Å². The Morgan fingerprint density at radius 2 is 0.656 bits per heavy atom. The first-order chi connectivity index (χ1) is 58.6. The number of thioether (sulfide) groups is 4. The number of ketones is 6. The normalized spacial score (nSPS) is 19.4. The molecule has 4 heterocycles. The highest BCUT2D eigenvalue weighted by Crippen LogP contribution is 2.53. The first kappa shape index (κ1) is 109. The van der Waals surface area contributed by atoms with Crippen molar-refractivity contribution >= 4 is 177 Å². The van der Waals surface area contributed by atoms with Crippen LogP contribution >= 0.6 is 47.0 Å². The minimum absolute atomic E-state index is 0. The van der Waals surface area contributed by atoms with Crippen molar-refractivity contribution in [3.63, 3.8) is 0 Å². The maximum absolute atomic E-state index is 15.0. The van der Waals surface area contributed by atoms with E-state index in [1.165, 1.54) is 51.3 Å². The van der Waals surface area contributed by atoms with E-state index in [4.69, 9.17) is 0 Å². The number of amides is 14. The summed E-state index contributed by atoms with van der Waals surface area (Å²) in [5.74, 6) is -10.8. The van der Waals surface area contributed by atoms with E-state index in [0.717, 1.165) is 61.5 Å². The Bertz CT molecular complexity index is 3610. The molecule has 125 heavy (non-hydrogen) atoms. The number of likely N-dealkylation sites (tertiary alicyclic amines) is 2. The van der Waals surface area contributed by atoms with Crippen LogP contribution in [-0.2, 0) is 105 Å². The third-order valence-corrected chi connectivity index (χ3v) is 29.5. The van der Waals surface area contributed by atoms with Crippen molar-refractivity contribution in [2.24, 2.45) is 23.7 Å². The van der Waals surface area contributed by atoms with Gasteiger partial charge >= 0.3 is 0 Å². The van der Waals surface area contributed by atoms with E-state index < -0.39 is 187 Å². The summed E-state index contributed by atoms with van der Waals surface area (Å²) < 4.78 is -1.02. The van der Waals surface area contributed by atoms with Crippen molar-refractivity contribution in [1.82, 2.24) is 73.6 Å². The molecule has 0 aromatic carbocycles. The van der Waals surface area contributed by atoms with Crippen molar-refractivity contribution in [2.75, 3.05) is 49.2 Å². The van der Waals surface area contributed by atoms with E-state index in [1.807, 2.05) is 0 Å². The Labute approximate surface area is 748 Å². The molecule has 6 rings (SSSR count). The van der Waals surface area contributed by atoms with Gasteiger partial charge in [-0.1, -0.05) is 92.9 Å². The Hall–Kier alpha value is -8.70. The summed E-state index contributed by atoms with van der Waals surface area (Å²) in [4.78, 5) is 289. The van der Waals surface area contributed by atoms with Gasteiger partial charge in [0.25, 0.3) is 11.8 Å². The molecule has 4 saturated heterocycles. The zero-order valence-corrected chi connectivity index (χ0v) is 77.3. The maximum atomic E-state index is 15.0. The Kier molecular flexibility index (Phi) is 46.8. The molecule has 0 aromatic rings. The van der Waals surface area contributed by atoms with Crippen LogP contribution in [0.1, 0.15) is 237 Å². The Balaban J connectivity index is 0.000000520. The fourth-order valence-electron chi connectivity index (χ4n) is 16.1. The molecule has 12 atom stereocenters. The van der Waals surface area contributed by atoms with Gasteiger partial charge < -0.3 is 108 Å². The van der Waals surface area contributed by atoms with Gasteiger partial charge in [-0.15, -0.1) is 47.0 Å². The molecule has 0 bridgehead atoms. The zero-order valence-electron chi connectivity index (χ0n) is 74.0. The average molecular weight is 1830 g/mol. The molecule has 6 aliphatic rings. The molecule has 4 aliphatic heterocycles. The average Bonchev–Trinajstić information content (AvgIpc) is 1.62. The maximum Gasteiger partial charge on any atom is 0.289 e. The largest absolute Gasteiger partial charge is 0.412 e. The number of hydrogen-bond donors (Lipinski definition) is 12. The highest BCUT2D eigenvalue weighted by Gasteiger charge is 2.56. The molecular weight excluding hydrogens is 1700 g/mol.